The number of para-hydroxylation sites is 1. The van der Waals surface area contributed by atoms with Crippen molar-refractivity contribution in [1.82, 2.24) is 0 Å². The Hall–Kier alpha value is -2.59. The molecule has 4 heteroatoms. The van der Waals surface area contributed by atoms with Gasteiger partial charge in [0, 0.05) is 11.3 Å². The molecule has 0 unspecified atom stereocenters. The number of fused-ring (bicyclic) bond motifs is 1. The predicted octanol–water partition coefficient (Wildman–Crippen LogP) is 3.07. The van der Waals surface area contributed by atoms with Crippen molar-refractivity contribution in [2.75, 3.05) is 24.7 Å². The zero-order valence-electron chi connectivity index (χ0n) is 13.4. The lowest BCUT2D eigenvalue weighted by molar-refractivity contribution is -0.130. The van der Waals surface area contributed by atoms with Gasteiger partial charge in [-0.05, 0) is 30.2 Å². The van der Waals surface area contributed by atoms with Crippen LogP contribution in [0.5, 0.6) is 5.75 Å². The van der Waals surface area contributed by atoms with Gasteiger partial charge in [0.25, 0.3) is 5.91 Å². The molecule has 0 aromatic heterocycles. The molecular weight excluding hydrogens is 302 g/mol. The highest BCUT2D eigenvalue weighted by Crippen LogP contribution is 2.29. The second-order valence-electron chi connectivity index (χ2n) is 6.01. The maximum absolute atomic E-state index is 12.1. The molecule has 4 rings (SSSR count). The van der Waals surface area contributed by atoms with E-state index < -0.39 is 0 Å². The number of carbonyl (C=O) groups excluding carboxylic acids is 1. The molecule has 122 valence electrons. The summed E-state index contributed by atoms with van der Waals surface area (Å²) in [6.07, 6.45) is 5.04. The number of ether oxygens (including phenoxy) is 2. The molecule has 2 aromatic rings. The SMILES string of the molecule is O=C1CO[C@@H](COc2cccc3c2CC=C3)CN1c1ccccc1. The van der Waals surface area contributed by atoms with Crippen molar-refractivity contribution in [2.24, 2.45) is 0 Å². The van der Waals surface area contributed by atoms with Crippen LogP contribution in [0.15, 0.2) is 54.6 Å². The summed E-state index contributed by atoms with van der Waals surface area (Å²) in [5, 5.41) is 0. The molecule has 0 N–H and O–H groups in total. The highest BCUT2D eigenvalue weighted by molar-refractivity contribution is 5.94. The van der Waals surface area contributed by atoms with Gasteiger partial charge in [-0.1, -0.05) is 42.5 Å². The second kappa shape index (κ2) is 6.49. The van der Waals surface area contributed by atoms with Crippen LogP contribution in [-0.2, 0) is 16.0 Å². The largest absolute Gasteiger partial charge is 0.490 e. The number of hydrogen-bond acceptors (Lipinski definition) is 3. The molecular formula is C20H19NO3. The van der Waals surface area contributed by atoms with Crippen LogP contribution >= 0.6 is 0 Å². The summed E-state index contributed by atoms with van der Waals surface area (Å²) >= 11 is 0. The van der Waals surface area contributed by atoms with Crippen LogP contribution in [0, 0.1) is 0 Å². The third kappa shape index (κ3) is 2.93. The van der Waals surface area contributed by atoms with Gasteiger partial charge in [-0.25, -0.2) is 0 Å². The Kier molecular flexibility index (Phi) is 4.05. The first-order valence-electron chi connectivity index (χ1n) is 8.19. The van der Waals surface area contributed by atoms with Crippen LogP contribution in [0.4, 0.5) is 5.69 Å². The fraction of sp³-hybridized carbons (Fsp3) is 0.250. The van der Waals surface area contributed by atoms with E-state index in [1.807, 2.05) is 42.5 Å². The number of allylic oxidation sites excluding steroid dienone is 1. The molecule has 1 heterocycles. The lowest BCUT2D eigenvalue weighted by Gasteiger charge is -2.32. The third-order valence-corrected chi connectivity index (χ3v) is 4.41. The van der Waals surface area contributed by atoms with Crippen molar-refractivity contribution in [3.63, 3.8) is 0 Å². The summed E-state index contributed by atoms with van der Waals surface area (Å²) in [6.45, 7) is 1.04. The van der Waals surface area contributed by atoms with Gasteiger partial charge in [0.05, 0.1) is 6.54 Å². The first kappa shape index (κ1) is 15.0. The highest BCUT2D eigenvalue weighted by Gasteiger charge is 2.28. The molecule has 0 bridgehead atoms. The van der Waals surface area contributed by atoms with Crippen LogP contribution in [0.3, 0.4) is 0 Å². The van der Waals surface area contributed by atoms with Gasteiger partial charge in [0.2, 0.25) is 0 Å². The topological polar surface area (TPSA) is 38.8 Å². The van der Waals surface area contributed by atoms with Gasteiger partial charge >= 0.3 is 0 Å². The minimum absolute atomic E-state index is 0.0118. The Morgan fingerprint density at radius 1 is 1.12 bits per heavy atom. The molecule has 0 saturated carbocycles. The average Bonchev–Trinajstić information content (AvgIpc) is 3.11. The first-order valence-corrected chi connectivity index (χ1v) is 8.19. The van der Waals surface area contributed by atoms with Gasteiger partial charge in [-0.15, -0.1) is 0 Å². The van der Waals surface area contributed by atoms with Crippen molar-refractivity contribution in [1.29, 1.82) is 0 Å². The molecule has 2 aromatic carbocycles. The number of amides is 1. The number of rotatable bonds is 4. The van der Waals surface area contributed by atoms with Crippen molar-refractivity contribution >= 4 is 17.7 Å². The molecule has 1 saturated heterocycles. The van der Waals surface area contributed by atoms with Gasteiger partial charge < -0.3 is 14.4 Å². The minimum Gasteiger partial charge on any atom is -0.490 e. The van der Waals surface area contributed by atoms with Gasteiger partial charge in [-0.3, -0.25) is 4.79 Å². The molecule has 1 fully saturated rings. The number of morpholine rings is 1. The zero-order valence-corrected chi connectivity index (χ0v) is 13.4. The average molecular weight is 321 g/mol. The standard InChI is InChI=1S/C20H19NO3/c22-20-14-23-17(12-21(20)16-8-2-1-3-9-16)13-24-19-11-5-7-15-6-4-10-18(15)19/h1-9,11,17H,10,12-14H2/t17-/m1/s1. The van der Waals surface area contributed by atoms with E-state index in [9.17, 15) is 4.79 Å². The number of benzene rings is 2. The molecule has 1 aliphatic carbocycles. The molecule has 2 aliphatic rings. The first-order chi connectivity index (χ1) is 11.8. The molecule has 1 aliphatic heterocycles. The summed E-state index contributed by atoms with van der Waals surface area (Å²) in [5.74, 6) is 0.895. The Balaban J connectivity index is 1.43. The van der Waals surface area contributed by atoms with E-state index in [0.717, 1.165) is 17.9 Å². The Bertz CT molecular complexity index is 770. The van der Waals surface area contributed by atoms with Gasteiger partial charge in [-0.2, -0.15) is 0 Å². The monoisotopic (exact) mass is 321 g/mol. The molecule has 1 atom stereocenters. The third-order valence-electron chi connectivity index (χ3n) is 4.41. The molecule has 0 radical (unpaired) electrons. The van der Waals surface area contributed by atoms with Crippen LogP contribution in [0.25, 0.3) is 6.08 Å². The summed E-state index contributed by atoms with van der Waals surface area (Å²) < 4.78 is 11.7. The van der Waals surface area contributed by atoms with E-state index in [0.29, 0.717) is 13.2 Å². The van der Waals surface area contributed by atoms with E-state index in [4.69, 9.17) is 9.47 Å². The van der Waals surface area contributed by atoms with Crippen molar-refractivity contribution in [3.8, 4) is 5.75 Å². The number of anilines is 1. The highest BCUT2D eigenvalue weighted by atomic mass is 16.5. The smallest absolute Gasteiger partial charge is 0.253 e. The summed E-state index contributed by atoms with van der Waals surface area (Å²) in [6, 6.07) is 15.8. The predicted molar refractivity (Wildman–Crippen MR) is 93.2 cm³/mol. The quantitative estimate of drug-likeness (QED) is 0.869. The Labute approximate surface area is 141 Å². The number of carbonyl (C=O) groups is 1. The molecule has 24 heavy (non-hydrogen) atoms. The zero-order chi connectivity index (χ0) is 16.4. The fourth-order valence-corrected chi connectivity index (χ4v) is 3.16. The van der Waals surface area contributed by atoms with E-state index >= 15 is 0 Å². The van der Waals surface area contributed by atoms with Gasteiger partial charge in [0.1, 0.15) is 25.1 Å². The van der Waals surface area contributed by atoms with Crippen molar-refractivity contribution in [2.45, 2.75) is 12.5 Å². The summed E-state index contributed by atoms with van der Waals surface area (Å²) in [4.78, 5) is 13.9. The van der Waals surface area contributed by atoms with E-state index in [2.05, 4.69) is 18.2 Å². The van der Waals surface area contributed by atoms with E-state index in [-0.39, 0.29) is 18.6 Å². The van der Waals surface area contributed by atoms with Gasteiger partial charge in [0.15, 0.2) is 0 Å². The molecule has 4 nitrogen and oxygen atoms in total. The maximum atomic E-state index is 12.1. The summed E-state index contributed by atoms with van der Waals surface area (Å²) in [7, 11) is 0. The van der Waals surface area contributed by atoms with Crippen LogP contribution in [0.2, 0.25) is 0 Å². The number of hydrogen-bond donors (Lipinski definition) is 0. The minimum atomic E-state index is -0.131. The molecule has 1 amide bonds. The fourth-order valence-electron chi connectivity index (χ4n) is 3.16. The lowest BCUT2D eigenvalue weighted by atomic mass is 10.1. The van der Waals surface area contributed by atoms with Crippen LogP contribution in [-0.4, -0.2) is 31.8 Å². The lowest BCUT2D eigenvalue weighted by Crippen LogP contribution is -2.48. The molecule has 0 spiro atoms. The van der Waals surface area contributed by atoms with Crippen molar-refractivity contribution < 1.29 is 14.3 Å². The summed E-state index contributed by atoms with van der Waals surface area (Å²) in [5.41, 5.74) is 3.35. The van der Waals surface area contributed by atoms with E-state index in [1.54, 1.807) is 4.90 Å². The van der Waals surface area contributed by atoms with Crippen LogP contribution in [0.1, 0.15) is 11.1 Å². The van der Waals surface area contributed by atoms with Crippen LogP contribution < -0.4 is 9.64 Å². The normalized spacial score (nSPS) is 19.4. The second-order valence-corrected chi connectivity index (χ2v) is 6.01. The van der Waals surface area contributed by atoms with Crippen molar-refractivity contribution in [3.05, 3.63) is 65.7 Å². The number of nitrogens with zero attached hydrogens (tertiary/aromatic N) is 1. The Morgan fingerprint density at radius 2 is 2.00 bits per heavy atom. The van der Waals surface area contributed by atoms with E-state index in [1.165, 1.54) is 11.1 Å². The Morgan fingerprint density at radius 3 is 2.88 bits per heavy atom. The maximum Gasteiger partial charge on any atom is 0.253 e.